The van der Waals surface area contributed by atoms with E-state index in [1.807, 2.05) is 20.8 Å². The van der Waals surface area contributed by atoms with E-state index in [-0.39, 0.29) is 0 Å². The van der Waals surface area contributed by atoms with Crippen molar-refractivity contribution in [1.82, 2.24) is 4.57 Å². The van der Waals surface area contributed by atoms with Gasteiger partial charge in [0.25, 0.3) is 0 Å². The molecule has 1 aliphatic heterocycles. The van der Waals surface area contributed by atoms with Crippen LogP contribution in [-0.4, -0.2) is 46.4 Å². The first kappa shape index (κ1) is 13.1. The molecule has 0 N–H and O–H groups in total. The van der Waals surface area contributed by atoms with Crippen molar-refractivity contribution in [2.45, 2.75) is 33.6 Å². The third kappa shape index (κ3) is 3.25. The lowest BCUT2D eigenvalue weighted by Gasteiger charge is -2.34. The molecule has 0 radical (unpaired) electrons. The molecule has 0 amide bonds. The van der Waals surface area contributed by atoms with Crippen LogP contribution in [-0.2, 0) is 13.3 Å². The van der Waals surface area contributed by atoms with Gasteiger partial charge in [-0.15, -0.1) is 0 Å². The van der Waals surface area contributed by atoms with Crippen LogP contribution in [0.1, 0.15) is 33.6 Å². The Hall–Kier alpha value is 0.0569. The largest absolute Gasteiger partial charge is 0.599 e. The Balaban J connectivity index is 2.68. The van der Waals surface area contributed by atoms with Crippen molar-refractivity contribution in [2.24, 2.45) is 0 Å². The highest BCUT2D eigenvalue weighted by Crippen LogP contribution is 2.21. The molecule has 0 bridgehead atoms. The van der Waals surface area contributed by atoms with Crippen LogP contribution < -0.4 is 0 Å². The van der Waals surface area contributed by atoms with Crippen molar-refractivity contribution >= 4 is 8.97 Å². The highest BCUT2D eigenvalue weighted by Gasteiger charge is 2.49. The Bertz CT molecular complexity index is 157. The molecular weight excluding hydrogens is 210 g/mol. The van der Waals surface area contributed by atoms with Gasteiger partial charge in [0.1, 0.15) is 0 Å². The molecular formula is C10H23NO3Si. The predicted molar refractivity (Wildman–Crippen MR) is 61.4 cm³/mol. The molecule has 5 heteroatoms. The highest BCUT2D eigenvalue weighted by atomic mass is 28.4. The molecule has 1 saturated heterocycles. The van der Waals surface area contributed by atoms with Gasteiger partial charge in [0.05, 0.1) is 0 Å². The topological polar surface area (TPSA) is 30.9 Å². The van der Waals surface area contributed by atoms with Crippen LogP contribution in [0.4, 0.5) is 0 Å². The van der Waals surface area contributed by atoms with Gasteiger partial charge in [-0.3, -0.25) is 4.57 Å². The molecule has 1 fully saturated rings. The molecule has 1 aliphatic rings. The summed E-state index contributed by atoms with van der Waals surface area (Å²) in [6.07, 6.45) is 2.45. The van der Waals surface area contributed by atoms with Crippen molar-refractivity contribution in [1.29, 1.82) is 0 Å². The second kappa shape index (κ2) is 6.60. The normalized spacial score (nSPS) is 18.6. The number of rotatable bonds is 7. The Labute approximate surface area is 93.9 Å². The molecule has 0 aromatic heterocycles. The van der Waals surface area contributed by atoms with Gasteiger partial charge < -0.3 is 13.3 Å². The molecule has 0 spiro atoms. The van der Waals surface area contributed by atoms with Gasteiger partial charge in [-0.25, -0.2) is 0 Å². The molecule has 0 atom stereocenters. The lowest BCUT2D eigenvalue weighted by molar-refractivity contribution is 0.0231. The molecule has 90 valence electrons. The van der Waals surface area contributed by atoms with Gasteiger partial charge in [-0.1, -0.05) is 0 Å². The van der Waals surface area contributed by atoms with Crippen LogP contribution in [0.25, 0.3) is 0 Å². The zero-order chi connectivity index (χ0) is 11.1. The molecule has 0 aromatic carbocycles. The van der Waals surface area contributed by atoms with E-state index >= 15 is 0 Å². The van der Waals surface area contributed by atoms with Gasteiger partial charge in [0, 0.05) is 19.8 Å². The molecule has 4 nitrogen and oxygen atoms in total. The number of nitrogens with zero attached hydrogens (tertiary/aromatic N) is 1. The maximum atomic E-state index is 5.81. The van der Waals surface area contributed by atoms with E-state index in [9.17, 15) is 0 Å². The van der Waals surface area contributed by atoms with Crippen LogP contribution >= 0.6 is 0 Å². The SMILES string of the molecule is CCO[Si](OCC)(OCC)N1CCCC1. The smallest absolute Gasteiger partial charge is 0.361 e. The number of hydrogen-bond donors (Lipinski definition) is 0. The monoisotopic (exact) mass is 233 g/mol. The number of hydrogen-bond acceptors (Lipinski definition) is 4. The Morgan fingerprint density at radius 1 is 0.867 bits per heavy atom. The highest BCUT2D eigenvalue weighted by molar-refractivity contribution is 6.57. The third-order valence-electron chi connectivity index (χ3n) is 2.47. The van der Waals surface area contributed by atoms with Crippen LogP contribution in [0, 0.1) is 0 Å². The zero-order valence-electron chi connectivity index (χ0n) is 10.1. The van der Waals surface area contributed by atoms with E-state index in [1.165, 1.54) is 12.8 Å². The molecule has 1 heterocycles. The molecule has 0 aliphatic carbocycles. The second-order valence-electron chi connectivity index (χ2n) is 3.52. The third-order valence-corrected chi connectivity index (χ3v) is 5.66. The van der Waals surface area contributed by atoms with Crippen molar-refractivity contribution in [3.05, 3.63) is 0 Å². The van der Waals surface area contributed by atoms with E-state index in [0.717, 1.165) is 13.1 Å². The van der Waals surface area contributed by atoms with Crippen LogP contribution in [0.2, 0.25) is 0 Å². The summed E-state index contributed by atoms with van der Waals surface area (Å²) in [5, 5.41) is 0. The summed E-state index contributed by atoms with van der Waals surface area (Å²) in [5.74, 6) is 0. The summed E-state index contributed by atoms with van der Waals surface area (Å²) >= 11 is 0. The van der Waals surface area contributed by atoms with Crippen molar-refractivity contribution in [2.75, 3.05) is 32.9 Å². The standard InChI is InChI=1S/C10H23NO3Si/c1-4-12-15(13-5-2,14-6-3)11-9-7-8-10-11/h4-10H2,1-3H3. The summed E-state index contributed by atoms with van der Waals surface area (Å²) in [4.78, 5) is 0. The van der Waals surface area contributed by atoms with Crippen molar-refractivity contribution < 1.29 is 13.3 Å². The minimum atomic E-state index is -2.53. The van der Waals surface area contributed by atoms with Gasteiger partial charge in [-0.05, 0) is 46.7 Å². The maximum absolute atomic E-state index is 5.81. The van der Waals surface area contributed by atoms with E-state index < -0.39 is 8.97 Å². The summed E-state index contributed by atoms with van der Waals surface area (Å²) in [6, 6.07) is 0. The minimum absolute atomic E-state index is 0.655. The maximum Gasteiger partial charge on any atom is 0.599 e. The summed E-state index contributed by atoms with van der Waals surface area (Å²) in [7, 11) is -2.53. The van der Waals surface area contributed by atoms with Gasteiger partial charge in [0.2, 0.25) is 0 Å². The average Bonchev–Trinajstić information content (AvgIpc) is 2.72. The van der Waals surface area contributed by atoms with Crippen LogP contribution in [0.3, 0.4) is 0 Å². The first-order valence-corrected chi connectivity index (χ1v) is 7.63. The molecule has 0 unspecified atom stereocenters. The predicted octanol–water partition coefficient (Wildman–Crippen LogP) is 1.63. The van der Waals surface area contributed by atoms with E-state index in [1.54, 1.807) is 0 Å². The van der Waals surface area contributed by atoms with Gasteiger partial charge >= 0.3 is 8.97 Å². The second-order valence-corrected chi connectivity index (χ2v) is 6.06. The summed E-state index contributed by atoms with van der Waals surface area (Å²) < 4.78 is 19.7. The Morgan fingerprint density at radius 2 is 1.27 bits per heavy atom. The van der Waals surface area contributed by atoms with Gasteiger partial charge in [-0.2, -0.15) is 0 Å². The van der Waals surface area contributed by atoms with Crippen molar-refractivity contribution in [3.8, 4) is 0 Å². The summed E-state index contributed by atoms with van der Waals surface area (Å²) in [6.45, 7) is 10.0. The molecule has 0 aromatic rings. The molecule has 1 rings (SSSR count). The van der Waals surface area contributed by atoms with E-state index in [2.05, 4.69) is 4.57 Å². The summed E-state index contributed by atoms with van der Waals surface area (Å²) in [5.41, 5.74) is 0. The minimum Gasteiger partial charge on any atom is -0.361 e. The fourth-order valence-corrected chi connectivity index (χ4v) is 4.69. The zero-order valence-corrected chi connectivity index (χ0v) is 11.1. The fourth-order valence-electron chi connectivity index (χ4n) is 1.94. The van der Waals surface area contributed by atoms with Crippen LogP contribution in [0.15, 0.2) is 0 Å². The Morgan fingerprint density at radius 3 is 1.60 bits per heavy atom. The first-order chi connectivity index (χ1) is 7.29. The van der Waals surface area contributed by atoms with Crippen LogP contribution in [0.5, 0.6) is 0 Å². The molecule has 15 heavy (non-hydrogen) atoms. The average molecular weight is 233 g/mol. The first-order valence-electron chi connectivity index (χ1n) is 5.96. The molecule has 0 saturated carbocycles. The quantitative estimate of drug-likeness (QED) is 0.625. The van der Waals surface area contributed by atoms with E-state index in [0.29, 0.717) is 19.8 Å². The van der Waals surface area contributed by atoms with E-state index in [4.69, 9.17) is 13.3 Å². The van der Waals surface area contributed by atoms with Crippen molar-refractivity contribution in [3.63, 3.8) is 0 Å². The lowest BCUT2D eigenvalue weighted by atomic mass is 10.4. The fraction of sp³-hybridized carbons (Fsp3) is 1.00. The Kier molecular flexibility index (Phi) is 5.77. The van der Waals surface area contributed by atoms with Gasteiger partial charge in [0.15, 0.2) is 0 Å². The lowest BCUT2D eigenvalue weighted by Crippen LogP contribution is -2.60.